The Balaban J connectivity index is 1.67. The highest BCUT2D eigenvalue weighted by Gasteiger charge is 2.11. The van der Waals surface area contributed by atoms with E-state index in [2.05, 4.69) is 10.3 Å². The van der Waals surface area contributed by atoms with E-state index >= 15 is 0 Å². The molecule has 3 aromatic heterocycles. The Labute approximate surface area is 136 Å². The third kappa shape index (κ3) is 3.57. The predicted molar refractivity (Wildman–Crippen MR) is 88.5 cm³/mol. The van der Waals surface area contributed by atoms with Crippen LogP contribution >= 0.6 is 11.3 Å². The Morgan fingerprint density at radius 3 is 3.00 bits per heavy atom. The van der Waals surface area contributed by atoms with Crippen LogP contribution in [0.25, 0.3) is 10.8 Å². The van der Waals surface area contributed by atoms with Crippen LogP contribution in [0.1, 0.15) is 12.6 Å². The van der Waals surface area contributed by atoms with Gasteiger partial charge in [-0.1, -0.05) is 0 Å². The molecule has 0 radical (unpaired) electrons. The Morgan fingerprint density at radius 1 is 1.39 bits per heavy atom. The van der Waals surface area contributed by atoms with Gasteiger partial charge in [0, 0.05) is 24.2 Å². The molecule has 0 aliphatic rings. The summed E-state index contributed by atoms with van der Waals surface area (Å²) >= 11 is 1.43. The van der Waals surface area contributed by atoms with Crippen molar-refractivity contribution in [2.45, 2.75) is 19.9 Å². The zero-order chi connectivity index (χ0) is 16.2. The van der Waals surface area contributed by atoms with Crippen molar-refractivity contribution in [3.63, 3.8) is 0 Å². The number of thiazole rings is 1. The van der Waals surface area contributed by atoms with Gasteiger partial charge in [-0.2, -0.15) is 0 Å². The minimum atomic E-state index is -0.178. The lowest BCUT2D eigenvalue weighted by Crippen LogP contribution is -2.20. The van der Waals surface area contributed by atoms with Crippen LogP contribution < -0.4 is 10.9 Å². The van der Waals surface area contributed by atoms with Gasteiger partial charge in [0.15, 0.2) is 10.8 Å². The molecule has 0 saturated heterocycles. The van der Waals surface area contributed by atoms with Crippen LogP contribution in [0, 0.1) is 0 Å². The molecule has 0 atom stereocenters. The van der Waals surface area contributed by atoms with Crippen molar-refractivity contribution in [2.75, 3.05) is 5.32 Å². The summed E-state index contributed by atoms with van der Waals surface area (Å²) in [5.41, 5.74) is 1.19. The molecule has 3 rings (SSSR count). The summed E-state index contributed by atoms with van der Waals surface area (Å²) in [5, 5.41) is 5.36. The van der Waals surface area contributed by atoms with E-state index < -0.39 is 0 Å². The number of hydrogen-bond acceptors (Lipinski definition) is 5. The molecule has 1 amide bonds. The summed E-state index contributed by atoms with van der Waals surface area (Å²) < 4.78 is 6.82. The number of furan rings is 1. The molecule has 1 N–H and O–H groups in total. The number of hydrogen-bond donors (Lipinski definition) is 1. The van der Waals surface area contributed by atoms with Gasteiger partial charge in [0.25, 0.3) is 5.56 Å². The van der Waals surface area contributed by atoms with Crippen LogP contribution in [0.3, 0.4) is 0 Å². The fourth-order valence-electron chi connectivity index (χ4n) is 2.12. The van der Waals surface area contributed by atoms with Crippen molar-refractivity contribution in [1.29, 1.82) is 0 Å². The summed E-state index contributed by atoms with van der Waals surface area (Å²) in [6.07, 6.45) is 3.39. The van der Waals surface area contributed by atoms with Crippen molar-refractivity contribution < 1.29 is 9.21 Å². The molecule has 0 bridgehead atoms. The first-order valence-corrected chi connectivity index (χ1v) is 8.02. The van der Waals surface area contributed by atoms with Crippen LogP contribution in [0.5, 0.6) is 0 Å². The maximum atomic E-state index is 12.1. The van der Waals surface area contributed by atoms with Crippen molar-refractivity contribution >= 4 is 22.9 Å². The monoisotopic (exact) mass is 329 g/mol. The van der Waals surface area contributed by atoms with Gasteiger partial charge in [-0.3, -0.25) is 9.59 Å². The molecule has 23 heavy (non-hydrogen) atoms. The van der Waals surface area contributed by atoms with E-state index in [1.165, 1.54) is 22.0 Å². The number of nitrogens with zero attached hydrogens (tertiary/aromatic N) is 2. The third-order valence-electron chi connectivity index (χ3n) is 3.23. The number of aromatic nitrogens is 2. The minimum absolute atomic E-state index is 0.0897. The van der Waals surface area contributed by atoms with Crippen LogP contribution in [-0.2, 0) is 17.8 Å². The van der Waals surface area contributed by atoms with Crippen LogP contribution in [0.2, 0.25) is 0 Å². The molecule has 0 aromatic carbocycles. The third-order valence-corrected chi connectivity index (χ3v) is 4.14. The van der Waals surface area contributed by atoms with Crippen molar-refractivity contribution in [1.82, 2.24) is 9.55 Å². The van der Waals surface area contributed by atoms with E-state index in [0.717, 1.165) is 5.01 Å². The smallest absolute Gasteiger partial charge is 0.250 e. The van der Waals surface area contributed by atoms with Gasteiger partial charge in [0.2, 0.25) is 5.91 Å². The maximum absolute atomic E-state index is 12.1. The summed E-state index contributed by atoms with van der Waals surface area (Å²) in [5.74, 6) is 0.513. The van der Waals surface area contributed by atoms with Crippen molar-refractivity contribution in [3.8, 4) is 10.8 Å². The topological polar surface area (TPSA) is 77.1 Å². The van der Waals surface area contributed by atoms with Crippen molar-refractivity contribution in [3.05, 3.63) is 58.2 Å². The summed E-state index contributed by atoms with van der Waals surface area (Å²) in [7, 11) is 0. The molecule has 0 spiro atoms. The number of nitrogens with one attached hydrogen (secondary N) is 1. The predicted octanol–water partition coefficient (Wildman–Crippen LogP) is 2.77. The molecule has 0 fully saturated rings. The van der Waals surface area contributed by atoms with Crippen LogP contribution in [0.15, 0.2) is 51.3 Å². The highest BCUT2D eigenvalue weighted by molar-refractivity contribution is 7.13. The van der Waals surface area contributed by atoms with Gasteiger partial charge in [0.05, 0.1) is 24.1 Å². The fourth-order valence-corrected chi connectivity index (χ4v) is 2.91. The normalized spacial score (nSPS) is 10.7. The molecule has 0 unspecified atom stereocenters. The van der Waals surface area contributed by atoms with Gasteiger partial charge in [0.1, 0.15) is 0 Å². The number of carbonyl (C=O) groups is 1. The SMILES string of the molecule is CCn1cc(NC(=O)Cc2csc(-c3ccco3)n2)ccc1=O. The zero-order valence-corrected chi connectivity index (χ0v) is 13.3. The van der Waals surface area contributed by atoms with E-state index in [-0.39, 0.29) is 17.9 Å². The largest absolute Gasteiger partial charge is 0.462 e. The van der Waals surface area contributed by atoms with Crippen LogP contribution in [-0.4, -0.2) is 15.5 Å². The average Bonchev–Trinajstić information content (AvgIpc) is 3.20. The van der Waals surface area contributed by atoms with Gasteiger partial charge < -0.3 is 14.3 Å². The van der Waals surface area contributed by atoms with E-state index in [1.807, 2.05) is 18.4 Å². The first-order valence-electron chi connectivity index (χ1n) is 7.14. The van der Waals surface area contributed by atoms with Gasteiger partial charge in [-0.25, -0.2) is 4.98 Å². The molecule has 0 saturated carbocycles. The van der Waals surface area contributed by atoms with Gasteiger partial charge in [-0.05, 0) is 25.1 Å². The summed E-state index contributed by atoms with van der Waals surface area (Å²) in [6, 6.07) is 6.67. The first-order chi connectivity index (χ1) is 11.2. The average molecular weight is 329 g/mol. The lowest BCUT2D eigenvalue weighted by atomic mass is 10.3. The molecular weight excluding hydrogens is 314 g/mol. The second kappa shape index (κ2) is 6.62. The molecule has 6 nitrogen and oxygen atoms in total. The fraction of sp³-hybridized carbons (Fsp3) is 0.188. The molecule has 3 heterocycles. The lowest BCUT2D eigenvalue weighted by Gasteiger charge is -2.07. The second-order valence-electron chi connectivity index (χ2n) is 4.89. The van der Waals surface area contributed by atoms with Crippen molar-refractivity contribution in [2.24, 2.45) is 0 Å². The number of pyridine rings is 1. The Bertz CT molecular complexity index is 865. The maximum Gasteiger partial charge on any atom is 0.250 e. The lowest BCUT2D eigenvalue weighted by molar-refractivity contribution is -0.115. The van der Waals surface area contributed by atoms with E-state index in [0.29, 0.717) is 23.7 Å². The summed E-state index contributed by atoms with van der Waals surface area (Å²) in [6.45, 7) is 2.43. The molecule has 7 heteroatoms. The number of carbonyl (C=O) groups excluding carboxylic acids is 1. The van der Waals surface area contributed by atoms with Gasteiger partial charge >= 0.3 is 0 Å². The number of rotatable bonds is 5. The Hall–Kier alpha value is -2.67. The number of aryl methyl sites for hydroxylation is 1. The highest BCUT2D eigenvalue weighted by atomic mass is 32.1. The molecular formula is C16H15N3O3S. The van der Waals surface area contributed by atoms with E-state index in [9.17, 15) is 9.59 Å². The first kappa shape index (κ1) is 15.2. The van der Waals surface area contributed by atoms with Gasteiger partial charge in [-0.15, -0.1) is 11.3 Å². The minimum Gasteiger partial charge on any atom is -0.462 e. The molecule has 118 valence electrons. The second-order valence-corrected chi connectivity index (χ2v) is 5.75. The Morgan fingerprint density at radius 2 is 2.26 bits per heavy atom. The zero-order valence-electron chi connectivity index (χ0n) is 12.5. The summed E-state index contributed by atoms with van der Waals surface area (Å²) in [4.78, 5) is 28.0. The number of anilines is 1. The highest BCUT2D eigenvalue weighted by Crippen LogP contribution is 2.24. The molecule has 0 aliphatic heterocycles. The molecule has 3 aromatic rings. The number of amides is 1. The van der Waals surface area contributed by atoms with E-state index in [4.69, 9.17) is 4.42 Å². The Kier molecular flexibility index (Phi) is 4.38. The van der Waals surface area contributed by atoms with Crippen LogP contribution in [0.4, 0.5) is 5.69 Å². The van der Waals surface area contributed by atoms with E-state index in [1.54, 1.807) is 24.6 Å². The quantitative estimate of drug-likeness (QED) is 0.781. The molecule has 0 aliphatic carbocycles. The standard InChI is InChI=1S/C16H15N3O3S/c1-2-19-9-11(5-6-15(19)21)17-14(20)8-12-10-23-16(18-12)13-4-3-7-22-13/h3-7,9-10H,2,8H2,1H3,(H,17,20).